The molecule has 4 aromatic rings. The molecule has 0 aliphatic carbocycles. The Morgan fingerprint density at radius 2 is 1.97 bits per heavy atom. The number of imidazole rings is 1. The highest BCUT2D eigenvalue weighted by atomic mass is 32.2. The number of aromatic nitrogens is 2. The number of hydrogen-bond acceptors (Lipinski definition) is 6. The zero-order valence-corrected chi connectivity index (χ0v) is 19.9. The van der Waals surface area contributed by atoms with E-state index < -0.39 is 0 Å². The third-order valence-electron chi connectivity index (χ3n) is 5.73. The van der Waals surface area contributed by atoms with Crippen molar-refractivity contribution in [3.63, 3.8) is 0 Å². The van der Waals surface area contributed by atoms with E-state index in [0.717, 1.165) is 48.3 Å². The molecule has 33 heavy (non-hydrogen) atoms. The van der Waals surface area contributed by atoms with E-state index in [1.165, 1.54) is 4.88 Å². The molecule has 1 amide bonds. The van der Waals surface area contributed by atoms with E-state index in [1.807, 2.05) is 53.1 Å². The van der Waals surface area contributed by atoms with Crippen LogP contribution < -0.4 is 5.32 Å². The molecule has 0 saturated carbocycles. The van der Waals surface area contributed by atoms with Crippen LogP contribution >= 0.6 is 23.1 Å². The van der Waals surface area contributed by atoms with E-state index in [-0.39, 0.29) is 11.9 Å². The Morgan fingerprint density at radius 3 is 2.73 bits per heavy atom. The van der Waals surface area contributed by atoms with Crippen molar-refractivity contribution in [1.29, 1.82) is 0 Å². The standard InChI is InChI=1S/C25H26N4O2S2/c30-25(26-16-22(23-4-3-15-32-23)28-11-13-31-14-12-28)19-6-8-21(9-7-19)33-18-20-17-29-10-2-1-5-24(29)27-20/h1-10,15,17,22H,11-14,16,18H2,(H,26,30). The number of ether oxygens (including phenoxy) is 1. The van der Waals surface area contributed by atoms with E-state index in [1.54, 1.807) is 23.1 Å². The Morgan fingerprint density at radius 1 is 1.12 bits per heavy atom. The summed E-state index contributed by atoms with van der Waals surface area (Å²) in [7, 11) is 0. The molecule has 0 radical (unpaired) electrons. The third-order valence-corrected chi connectivity index (χ3v) is 7.75. The number of benzene rings is 1. The summed E-state index contributed by atoms with van der Waals surface area (Å²) in [6.07, 6.45) is 4.06. The number of thioether (sulfide) groups is 1. The maximum Gasteiger partial charge on any atom is 0.251 e. The van der Waals surface area contributed by atoms with Gasteiger partial charge in [-0.25, -0.2) is 4.98 Å². The lowest BCUT2D eigenvalue weighted by molar-refractivity contribution is 0.0169. The fourth-order valence-corrected chi connectivity index (χ4v) is 5.63. The molecule has 1 aliphatic heterocycles. The molecule has 1 unspecified atom stereocenters. The van der Waals surface area contributed by atoms with Crippen LogP contribution in [0.1, 0.15) is 27.0 Å². The minimum absolute atomic E-state index is 0.0401. The summed E-state index contributed by atoms with van der Waals surface area (Å²) in [5.41, 5.74) is 2.67. The molecule has 1 atom stereocenters. The number of pyridine rings is 1. The van der Waals surface area contributed by atoms with E-state index in [4.69, 9.17) is 4.74 Å². The summed E-state index contributed by atoms with van der Waals surface area (Å²) < 4.78 is 7.54. The van der Waals surface area contributed by atoms with Gasteiger partial charge in [0.25, 0.3) is 5.91 Å². The number of fused-ring (bicyclic) bond motifs is 1. The predicted molar refractivity (Wildman–Crippen MR) is 133 cm³/mol. The maximum atomic E-state index is 12.8. The molecule has 8 heteroatoms. The van der Waals surface area contributed by atoms with Crippen LogP contribution in [0.3, 0.4) is 0 Å². The Kier molecular flexibility index (Phi) is 7.06. The molecule has 6 nitrogen and oxygen atoms in total. The molecular weight excluding hydrogens is 452 g/mol. The Balaban J connectivity index is 1.17. The molecule has 1 N–H and O–H groups in total. The average molecular weight is 479 g/mol. The normalized spacial score (nSPS) is 15.5. The molecule has 1 aliphatic rings. The first-order valence-electron chi connectivity index (χ1n) is 11.1. The fourth-order valence-electron chi connectivity index (χ4n) is 3.99. The first kappa shape index (κ1) is 22.2. The van der Waals surface area contributed by atoms with Gasteiger partial charge in [-0.05, 0) is 47.8 Å². The molecule has 3 aromatic heterocycles. The summed E-state index contributed by atoms with van der Waals surface area (Å²) in [4.78, 5) is 22.3. The lowest BCUT2D eigenvalue weighted by atomic mass is 10.1. The van der Waals surface area contributed by atoms with Gasteiger partial charge < -0.3 is 14.5 Å². The van der Waals surface area contributed by atoms with Crippen molar-refractivity contribution in [1.82, 2.24) is 19.6 Å². The summed E-state index contributed by atoms with van der Waals surface area (Å²) in [5, 5.41) is 5.23. The van der Waals surface area contributed by atoms with Gasteiger partial charge in [-0.3, -0.25) is 9.69 Å². The second kappa shape index (κ2) is 10.5. The van der Waals surface area contributed by atoms with Crippen molar-refractivity contribution in [3.8, 4) is 0 Å². The Labute approximate surface area is 201 Å². The zero-order chi connectivity index (χ0) is 22.5. The summed E-state index contributed by atoms with van der Waals surface area (Å²) in [5.74, 6) is 0.747. The molecule has 0 bridgehead atoms. The van der Waals surface area contributed by atoms with Crippen LogP contribution in [0.2, 0.25) is 0 Å². The van der Waals surface area contributed by atoms with Gasteiger partial charge in [-0.1, -0.05) is 12.1 Å². The summed E-state index contributed by atoms with van der Waals surface area (Å²) >= 11 is 3.46. The van der Waals surface area contributed by atoms with E-state index >= 15 is 0 Å². The van der Waals surface area contributed by atoms with Crippen LogP contribution in [0.25, 0.3) is 5.65 Å². The number of amides is 1. The van der Waals surface area contributed by atoms with Gasteiger partial charge in [-0.15, -0.1) is 23.1 Å². The highest BCUT2D eigenvalue weighted by Gasteiger charge is 2.24. The maximum absolute atomic E-state index is 12.8. The lowest BCUT2D eigenvalue weighted by Gasteiger charge is -2.34. The van der Waals surface area contributed by atoms with Crippen LogP contribution in [-0.4, -0.2) is 53.0 Å². The number of nitrogens with zero attached hydrogens (tertiary/aromatic N) is 3. The minimum Gasteiger partial charge on any atom is -0.379 e. The summed E-state index contributed by atoms with van der Waals surface area (Å²) in [6.45, 7) is 3.84. The minimum atomic E-state index is -0.0401. The number of hydrogen-bond donors (Lipinski definition) is 1. The number of thiophene rings is 1. The fraction of sp³-hybridized carbons (Fsp3) is 0.280. The van der Waals surface area contributed by atoms with Gasteiger partial charge in [-0.2, -0.15) is 0 Å². The largest absolute Gasteiger partial charge is 0.379 e. The molecule has 4 heterocycles. The van der Waals surface area contributed by atoms with Crippen molar-refractivity contribution < 1.29 is 9.53 Å². The molecule has 170 valence electrons. The van der Waals surface area contributed by atoms with Crippen molar-refractivity contribution in [2.75, 3.05) is 32.8 Å². The number of carbonyl (C=O) groups excluding carboxylic acids is 1. The van der Waals surface area contributed by atoms with Crippen molar-refractivity contribution in [3.05, 3.63) is 88.5 Å². The SMILES string of the molecule is O=C(NCC(c1cccs1)N1CCOCC1)c1ccc(SCc2cn3ccccc3n2)cc1. The van der Waals surface area contributed by atoms with E-state index in [2.05, 4.69) is 38.9 Å². The highest BCUT2D eigenvalue weighted by Crippen LogP contribution is 2.26. The summed E-state index contributed by atoms with van der Waals surface area (Å²) in [6, 6.07) is 18.2. The van der Waals surface area contributed by atoms with Crippen LogP contribution in [0.5, 0.6) is 0 Å². The quantitative estimate of drug-likeness (QED) is 0.378. The predicted octanol–water partition coefficient (Wildman–Crippen LogP) is 4.49. The van der Waals surface area contributed by atoms with Crippen LogP contribution in [0.15, 0.2) is 77.3 Å². The van der Waals surface area contributed by atoms with Crippen molar-refractivity contribution in [2.45, 2.75) is 16.7 Å². The topological polar surface area (TPSA) is 58.9 Å². The number of nitrogens with one attached hydrogen (secondary N) is 1. The van der Waals surface area contributed by atoms with E-state index in [0.29, 0.717) is 12.1 Å². The average Bonchev–Trinajstić information content (AvgIpc) is 3.54. The second-order valence-electron chi connectivity index (χ2n) is 7.90. The first-order chi connectivity index (χ1) is 16.3. The molecule has 1 aromatic carbocycles. The van der Waals surface area contributed by atoms with Gasteiger partial charge >= 0.3 is 0 Å². The van der Waals surface area contributed by atoms with Crippen LogP contribution in [-0.2, 0) is 10.5 Å². The number of carbonyl (C=O) groups is 1. The highest BCUT2D eigenvalue weighted by molar-refractivity contribution is 7.98. The van der Waals surface area contributed by atoms with Gasteiger partial charge in [0, 0.05) is 53.1 Å². The Hall–Kier alpha value is -2.65. The van der Waals surface area contributed by atoms with Gasteiger partial charge in [0.2, 0.25) is 0 Å². The Bertz CT molecular complexity index is 1150. The monoisotopic (exact) mass is 478 g/mol. The molecule has 1 saturated heterocycles. The molecule has 5 rings (SSSR count). The van der Waals surface area contributed by atoms with Gasteiger partial charge in [0.15, 0.2) is 0 Å². The third kappa shape index (κ3) is 5.47. The first-order valence-corrected chi connectivity index (χ1v) is 12.9. The number of rotatable bonds is 8. The lowest BCUT2D eigenvalue weighted by Crippen LogP contribution is -2.43. The van der Waals surface area contributed by atoms with Crippen LogP contribution in [0.4, 0.5) is 0 Å². The van der Waals surface area contributed by atoms with Gasteiger partial charge in [0.05, 0.1) is 24.9 Å². The smallest absolute Gasteiger partial charge is 0.251 e. The molecule has 0 spiro atoms. The zero-order valence-electron chi connectivity index (χ0n) is 18.2. The van der Waals surface area contributed by atoms with E-state index in [9.17, 15) is 4.79 Å². The van der Waals surface area contributed by atoms with Gasteiger partial charge in [0.1, 0.15) is 5.65 Å². The van der Waals surface area contributed by atoms with Crippen LogP contribution in [0, 0.1) is 0 Å². The molecule has 1 fully saturated rings. The second-order valence-corrected chi connectivity index (χ2v) is 9.93. The van der Waals surface area contributed by atoms with Crippen molar-refractivity contribution >= 4 is 34.7 Å². The number of morpholine rings is 1. The van der Waals surface area contributed by atoms with Crippen molar-refractivity contribution in [2.24, 2.45) is 0 Å². The molecular formula is C25H26N4O2S2.